The van der Waals surface area contributed by atoms with Crippen LogP contribution >= 0.6 is 0 Å². The first-order chi connectivity index (χ1) is 10.5. The molecule has 0 aromatic heterocycles. The Morgan fingerprint density at radius 1 is 1.23 bits per heavy atom. The van der Waals surface area contributed by atoms with Gasteiger partial charge >= 0.3 is 0 Å². The molecule has 6 heteroatoms. The van der Waals surface area contributed by atoms with Gasteiger partial charge < -0.3 is 10.1 Å². The van der Waals surface area contributed by atoms with E-state index >= 15 is 0 Å². The number of hydrogen-bond donors (Lipinski definition) is 1. The largest absolute Gasteiger partial charge is 0.493 e. The van der Waals surface area contributed by atoms with Crippen LogP contribution in [-0.4, -0.2) is 17.4 Å². The van der Waals surface area contributed by atoms with E-state index in [-0.39, 0.29) is 24.6 Å². The van der Waals surface area contributed by atoms with Crippen LogP contribution in [0.2, 0.25) is 0 Å². The van der Waals surface area contributed by atoms with Gasteiger partial charge in [-0.3, -0.25) is 14.9 Å². The zero-order chi connectivity index (χ0) is 15.9. The molecule has 1 N–H and O–H groups in total. The zero-order valence-corrected chi connectivity index (χ0v) is 12.1. The standard InChI is InChI=1S/C16H16N2O4/c1-12-4-2-5-13(10-12)17-16(19)8-9-22-15-7-3-6-14(11-15)18(20)21/h2-7,10-11H,8-9H2,1H3,(H,17,19). The van der Waals surface area contributed by atoms with Crippen molar-refractivity contribution in [1.82, 2.24) is 0 Å². The molecule has 22 heavy (non-hydrogen) atoms. The third-order valence-corrected chi connectivity index (χ3v) is 2.93. The van der Waals surface area contributed by atoms with Gasteiger partial charge in [0.15, 0.2) is 0 Å². The van der Waals surface area contributed by atoms with Crippen molar-refractivity contribution in [2.45, 2.75) is 13.3 Å². The summed E-state index contributed by atoms with van der Waals surface area (Å²) in [6.45, 7) is 2.10. The van der Waals surface area contributed by atoms with Crippen LogP contribution in [0.15, 0.2) is 48.5 Å². The molecule has 0 fully saturated rings. The highest BCUT2D eigenvalue weighted by atomic mass is 16.6. The Balaban J connectivity index is 1.82. The maximum Gasteiger partial charge on any atom is 0.273 e. The fourth-order valence-electron chi connectivity index (χ4n) is 1.89. The SMILES string of the molecule is Cc1cccc(NC(=O)CCOc2cccc([N+](=O)[O-])c2)c1. The van der Waals surface area contributed by atoms with Crippen molar-refractivity contribution in [2.24, 2.45) is 0 Å². The quantitative estimate of drug-likeness (QED) is 0.655. The highest BCUT2D eigenvalue weighted by molar-refractivity contribution is 5.90. The van der Waals surface area contributed by atoms with Crippen LogP contribution in [0.4, 0.5) is 11.4 Å². The maximum absolute atomic E-state index is 11.8. The highest BCUT2D eigenvalue weighted by Crippen LogP contribution is 2.19. The summed E-state index contributed by atoms with van der Waals surface area (Å²) >= 11 is 0. The number of non-ortho nitro benzene ring substituents is 1. The van der Waals surface area contributed by atoms with Gasteiger partial charge in [0, 0.05) is 11.8 Å². The van der Waals surface area contributed by atoms with Crippen molar-refractivity contribution in [3.8, 4) is 5.75 Å². The van der Waals surface area contributed by atoms with Crippen molar-refractivity contribution in [1.29, 1.82) is 0 Å². The van der Waals surface area contributed by atoms with Gasteiger partial charge in [0.25, 0.3) is 5.69 Å². The van der Waals surface area contributed by atoms with Crippen LogP contribution in [0.3, 0.4) is 0 Å². The Morgan fingerprint density at radius 2 is 2.00 bits per heavy atom. The minimum Gasteiger partial charge on any atom is -0.493 e. The molecule has 0 spiro atoms. The van der Waals surface area contributed by atoms with E-state index in [0.29, 0.717) is 5.75 Å². The Hall–Kier alpha value is -2.89. The molecular formula is C16H16N2O4. The number of nitrogens with one attached hydrogen (secondary N) is 1. The van der Waals surface area contributed by atoms with E-state index in [0.717, 1.165) is 11.3 Å². The summed E-state index contributed by atoms with van der Waals surface area (Å²) in [7, 11) is 0. The molecule has 1 amide bonds. The summed E-state index contributed by atoms with van der Waals surface area (Å²) in [5.41, 5.74) is 1.76. The molecule has 6 nitrogen and oxygen atoms in total. The lowest BCUT2D eigenvalue weighted by Crippen LogP contribution is -2.15. The molecule has 0 radical (unpaired) electrons. The zero-order valence-electron chi connectivity index (χ0n) is 12.1. The van der Waals surface area contributed by atoms with Crippen molar-refractivity contribution < 1.29 is 14.5 Å². The van der Waals surface area contributed by atoms with Gasteiger partial charge in [-0.2, -0.15) is 0 Å². The smallest absolute Gasteiger partial charge is 0.273 e. The minimum absolute atomic E-state index is 0.0401. The number of nitro groups is 1. The molecule has 0 atom stereocenters. The van der Waals surface area contributed by atoms with E-state index in [9.17, 15) is 14.9 Å². The first kappa shape index (κ1) is 15.5. The summed E-state index contributed by atoms with van der Waals surface area (Å²) in [6.07, 6.45) is 0.163. The Labute approximate surface area is 127 Å². The second kappa shape index (κ2) is 7.21. The number of amides is 1. The molecule has 2 rings (SSSR count). The molecule has 0 aliphatic carbocycles. The number of nitro benzene ring substituents is 1. The van der Waals surface area contributed by atoms with E-state index < -0.39 is 4.92 Å². The Bertz CT molecular complexity index is 685. The molecule has 0 aliphatic heterocycles. The molecule has 2 aromatic carbocycles. The molecule has 0 saturated carbocycles. The molecule has 2 aromatic rings. The van der Waals surface area contributed by atoms with Crippen LogP contribution in [0.1, 0.15) is 12.0 Å². The van der Waals surface area contributed by atoms with E-state index in [1.54, 1.807) is 12.1 Å². The van der Waals surface area contributed by atoms with Crippen molar-refractivity contribution in [3.63, 3.8) is 0 Å². The third kappa shape index (κ3) is 4.59. The maximum atomic E-state index is 11.8. The van der Waals surface area contributed by atoms with E-state index in [2.05, 4.69) is 5.32 Å². The fourth-order valence-corrected chi connectivity index (χ4v) is 1.89. The number of carbonyl (C=O) groups is 1. The highest BCUT2D eigenvalue weighted by Gasteiger charge is 2.07. The Morgan fingerprint density at radius 3 is 2.73 bits per heavy atom. The number of anilines is 1. The van der Waals surface area contributed by atoms with Crippen LogP contribution in [0.5, 0.6) is 5.75 Å². The number of aryl methyl sites for hydroxylation is 1. The van der Waals surface area contributed by atoms with Gasteiger partial charge in [0.1, 0.15) is 5.75 Å². The number of carbonyl (C=O) groups excluding carboxylic acids is 1. The summed E-state index contributed by atoms with van der Waals surface area (Å²) in [6, 6.07) is 13.4. The lowest BCUT2D eigenvalue weighted by molar-refractivity contribution is -0.384. The molecular weight excluding hydrogens is 284 g/mol. The van der Waals surface area contributed by atoms with Crippen LogP contribution in [0, 0.1) is 17.0 Å². The van der Waals surface area contributed by atoms with Crippen LogP contribution < -0.4 is 10.1 Å². The van der Waals surface area contributed by atoms with Gasteiger partial charge in [0.2, 0.25) is 5.91 Å². The molecule has 0 unspecified atom stereocenters. The average molecular weight is 300 g/mol. The van der Waals surface area contributed by atoms with Gasteiger partial charge in [-0.1, -0.05) is 18.2 Å². The normalized spacial score (nSPS) is 10.0. The van der Waals surface area contributed by atoms with Crippen LogP contribution in [-0.2, 0) is 4.79 Å². The number of benzene rings is 2. The van der Waals surface area contributed by atoms with Crippen molar-refractivity contribution >= 4 is 17.3 Å². The van der Waals surface area contributed by atoms with E-state index in [4.69, 9.17) is 4.74 Å². The lowest BCUT2D eigenvalue weighted by atomic mass is 10.2. The molecule has 0 aliphatic rings. The topological polar surface area (TPSA) is 81.5 Å². The van der Waals surface area contributed by atoms with Crippen molar-refractivity contribution in [3.05, 3.63) is 64.2 Å². The number of nitrogens with zero attached hydrogens (tertiary/aromatic N) is 1. The lowest BCUT2D eigenvalue weighted by Gasteiger charge is -2.07. The van der Waals surface area contributed by atoms with Gasteiger partial charge in [-0.05, 0) is 30.7 Å². The summed E-state index contributed by atoms with van der Waals surface area (Å²) < 4.78 is 5.36. The van der Waals surface area contributed by atoms with Gasteiger partial charge in [-0.15, -0.1) is 0 Å². The molecule has 0 saturated heterocycles. The third-order valence-electron chi connectivity index (χ3n) is 2.93. The molecule has 0 heterocycles. The monoisotopic (exact) mass is 300 g/mol. The first-order valence-corrected chi connectivity index (χ1v) is 6.78. The predicted molar refractivity (Wildman–Crippen MR) is 83.0 cm³/mol. The van der Waals surface area contributed by atoms with Gasteiger partial charge in [-0.25, -0.2) is 0 Å². The average Bonchev–Trinajstić information content (AvgIpc) is 2.47. The summed E-state index contributed by atoms with van der Waals surface area (Å²) in [5.74, 6) is 0.202. The first-order valence-electron chi connectivity index (χ1n) is 6.78. The van der Waals surface area contributed by atoms with Crippen LogP contribution in [0.25, 0.3) is 0 Å². The second-order valence-electron chi connectivity index (χ2n) is 4.77. The Kier molecular flexibility index (Phi) is 5.08. The fraction of sp³-hybridized carbons (Fsp3) is 0.188. The summed E-state index contributed by atoms with van der Waals surface area (Å²) in [4.78, 5) is 22.0. The van der Waals surface area contributed by atoms with Gasteiger partial charge in [0.05, 0.1) is 24.0 Å². The predicted octanol–water partition coefficient (Wildman–Crippen LogP) is 3.31. The summed E-state index contributed by atoms with van der Waals surface area (Å²) in [5, 5.41) is 13.4. The number of rotatable bonds is 6. The molecule has 0 bridgehead atoms. The molecule has 114 valence electrons. The van der Waals surface area contributed by atoms with E-state index in [1.807, 2.05) is 31.2 Å². The van der Waals surface area contributed by atoms with Crippen molar-refractivity contribution in [2.75, 3.05) is 11.9 Å². The van der Waals surface area contributed by atoms with E-state index in [1.165, 1.54) is 12.1 Å². The minimum atomic E-state index is -0.489. The number of ether oxygens (including phenoxy) is 1. The second-order valence-corrected chi connectivity index (χ2v) is 4.77. The number of hydrogen-bond acceptors (Lipinski definition) is 4.